The van der Waals surface area contributed by atoms with Crippen molar-refractivity contribution in [2.24, 2.45) is 0 Å². The maximum absolute atomic E-state index is 13.7. The number of carbonyl (C=O) groups excluding carboxylic acids is 1. The number of aromatic nitrogens is 2. The topological polar surface area (TPSA) is 72.9 Å². The van der Waals surface area contributed by atoms with E-state index < -0.39 is 11.9 Å². The third kappa shape index (κ3) is 3.21. The van der Waals surface area contributed by atoms with Gasteiger partial charge in [0.15, 0.2) is 0 Å². The lowest BCUT2D eigenvalue weighted by atomic mass is 10.2. The Hall–Kier alpha value is -2.37. The van der Waals surface area contributed by atoms with Gasteiger partial charge in [-0.05, 0) is 25.1 Å². The van der Waals surface area contributed by atoms with Crippen molar-refractivity contribution in [3.8, 4) is 0 Å². The van der Waals surface area contributed by atoms with Crippen molar-refractivity contribution >= 4 is 17.3 Å². The van der Waals surface area contributed by atoms with E-state index in [1.165, 1.54) is 18.2 Å². The van der Waals surface area contributed by atoms with Crippen LogP contribution in [0.4, 0.5) is 15.8 Å². The summed E-state index contributed by atoms with van der Waals surface area (Å²) in [5.41, 5.74) is 6.08. The molecular formula is C15H19FN4O. The van der Waals surface area contributed by atoms with Crippen LogP contribution >= 0.6 is 0 Å². The molecule has 1 atom stereocenters. The lowest BCUT2D eigenvalue weighted by Gasteiger charge is -2.18. The van der Waals surface area contributed by atoms with Gasteiger partial charge in [0.25, 0.3) is 0 Å². The van der Waals surface area contributed by atoms with E-state index in [9.17, 15) is 9.18 Å². The zero-order valence-corrected chi connectivity index (χ0v) is 12.3. The van der Waals surface area contributed by atoms with Gasteiger partial charge in [-0.2, -0.15) is 0 Å². The van der Waals surface area contributed by atoms with Crippen molar-refractivity contribution in [1.82, 2.24) is 9.55 Å². The molecule has 0 radical (unpaired) electrons. The van der Waals surface area contributed by atoms with Gasteiger partial charge in [0, 0.05) is 24.0 Å². The number of nitrogens with two attached hydrogens (primary N) is 1. The normalized spacial score (nSPS) is 12.4. The Labute approximate surface area is 123 Å². The van der Waals surface area contributed by atoms with Gasteiger partial charge in [-0.1, -0.05) is 13.8 Å². The predicted molar refractivity (Wildman–Crippen MR) is 80.5 cm³/mol. The van der Waals surface area contributed by atoms with Crippen LogP contribution in [0.25, 0.3) is 0 Å². The number of rotatable bonds is 4. The first-order chi connectivity index (χ1) is 9.90. The van der Waals surface area contributed by atoms with Gasteiger partial charge in [-0.25, -0.2) is 9.37 Å². The SMILES string of the molecule is CC(C)c1nccn1C(C)C(=O)Nc1cc(N)ccc1F. The minimum absolute atomic E-state index is 0.0815. The van der Waals surface area contributed by atoms with E-state index in [2.05, 4.69) is 10.3 Å². The van der Waals surface area contributed by atoms with E-state index in [0.717, 1.165) is 5.82 Å². The molecule has 0 saturated carbocycles. The number of nitrogens with zero attached hydrogens (tertiary/aromatic N) is 2. The molecule has 0 fully saturated rings. The van der Waals surface area contributed by atoms with Gasteiger partial charge in [-0.15, -0.1) is 0 Å². The predicted octanol–water partition coefficient (Wildman–Crippen LogP) is 2.93. The molecule has 3 N–H and O–H groups in total. The lowest BCUT2D eigenvalue weighted by molar-refractivity contribution is -0.118. The zero-order chi connectivity index (χ0) is 15.6. The maximum Gasteiger partial charge on any atom is 0.247 e. The summed E-state index contributed by atoms with van der Waals surface area (Å²) in [6.07, 6.45) is 3.40. The molecule has 0 aliphatic heterocycles. The number of benzene rings is 1. The molecule has 21 heavy (non-hydrogen) atoms. The summed E-state index contributed by atoms with van der Waals surface area (Å²) < 4.78 is 15.4. The fourth-order valence-corrected chi connectivity index (χ4v) is 2.10. The Balaban J connectivity index is 2.20. The van der Waals surface area contributed by atoms with Crippen LogP contribution < -0.4 is 11.1 Å². The standard InChI is InChI=1S/C15H19FN4O/c1-9(2)14-18-6-7-20(14)10(3)15(21)19-13-8-11(17)4-5-12(13)16/h4-10H,17H2,1-3H3,(H,19,21). The molecule has 0 spiro atoms. The van der Waals surface area contributed by atoms with Gasteiger partial charge in [-0.3, -0.25) is 4.79 Å². The van der Waals surface area contributed by atoms with E-state index >= 15 is 0 Å². The molecule has 0 saturated heterocycles. The summed E-state index contributed by atoms with van der Waals surface area (Å²) in [6.45, 7) is 5.75. The van der Waals surface area contributed by atoms with E-state index in [-0.39, 0.29) is 17.5 Å². The van der Waals surface area contributed by atoms with Crippen LogP contribution in [0.1, 0.15) is 38.6 Å². The number of nitrogens with one attached hydrogen (secondary N) is 1. The first-order valence-corrected chi connectivity index (χ1v) is 6.78. The van der Waals surface area contributed by atoms with Crippen molar-refractivity contribution in [3.05, 3.63) is 42.2 Å². The Morgan fingerprint density at radius 1 is 1.38 bits per heavy atom. The minimum atomic E-state index is -0.514. The number of hydrogen-bond donors (Lipinski definition) is 2. The highest BCUT2D eigenvalue weighted by Gasteiger charge is 2.20. The average Bonchev–Trinajstić information content (AvgIpc) is 2.91. The number of carbonyl (C=O) groups is 1. The molecule has 1 unspecified atom stereocenters. The quantitative estimate of drug-likeness (QED) is 0.850. The number of hydrogen-bond acceptors (Lipinski definition) is 3. The van der Waals surface area contributed by atoms with Crippen LogP contribution in [0, 0.1) is 5.82 Å². The lowest BCUT2D eigenvalue weighted by Crippen LogP contribution is -2.25. The molecule has 1 heterocycles. The monoisotopic (exact) mass is 290 g/mol. The average molecular weight is 290 g/mol. The molecule has 5 nitrogen and oxygen atoms in total. The summed E-state index contributed by atoms with van der Waals surface area (Å²) in [4.78, 5) is 16.5. The van der Waals surface area contributed by atoms with Crippen molar-refractivity contribution in [1.29, 1.82) is 0 Å². The van der Waals surface area contributed by atoms with Gasteiger partial charge in [0.2, 0.25) is 5.91 Å². The van der Waals surface area contributed by atoms with Gasteiger partial charge in [0.1, 0.15) is 17.7 Å². The molecule has 1 aromatic carbocycles. The van der Waals surface area contributed by atoms with E-state index in [4.69, 9.17) is 5.73 Å². The van der Waals surface area contributed by atoms with Gasteiger partial charge >= 0.3 is 0 Å². The molecule has 0 aliphatic rings. The van der Waals surface area contributed by atoms with Crippen molar-refractivity contribution in [3.63, 3.8) is 0 Å². The highest BCUT2D eigenvalue weighted by molar-refractivity contribution is 5.94. The third-order valence-electron chi connectivity index (χ3n) is 3.26. The Kier molecular flexibility index (Phi) is 4.26. The number of amides is 1. The van der Waals surface area contributed by atoms with Gasteiger partial charge < -0.3 is 15.6 Å². The maximum atomic E-state index is 13.7. The summed E-state index contributed by atoms with van der Waals surface area (Å²) in [7, 11) is 0. The summed E-state index contributed by atoms with van der Waals surface area (Å²) in [6, 6.07) is 3.58. The number of imidazole rings is 1. The smallest absolute Gasteiger partial charge is 0.247 e. The fraction of sp³-hybridized carbons (Fsp3) is 0.333. The molecule has 0 aliphatic carbocycles. The number of halogens is 1. The summed E-state index contributed by atoms with van der Waals surface area (Å²) in [5, 5.41) is 2.56. The zero-order valence-electron chi connectivity index (χ0n) is 12.3. The Bertz CT molecular complexity index is 651. The molecule has 2 rings (SSSR count). The highest BCUT2D eigenvalue weighted by atomic mass is 19.1. The van der Waals surface area contributed by atoms with Crippen molar-refractivity contribution < 1.29 is 9.18 Å². The van der Waals surface area contributed by atoms with Crippen molar-refractivity contribution in [2.45, 2.75) is 32.7 Å². The first kappa shape index (κ1) is 15.0. The van der Waals surface area contributed by atoms with Crippen LogP contribution in [0.2, 0.25) is 0 Å². The Morgan fingerprint density at radius 2 is 2.10 bits per heavy atom. The minimum Gasteiger partial charge on any atom is -0.399 e. The summed E-state index contributed by atoms with van der Waals surface area (Å²) in [5.74, 6) is 0.170. The first-order valence-electron chi connectivity index (χ1n) is 6.78. The van der Waals surface area contributed by atoms with E-state index in [1.807, 2.05) is 13.8 Å². The molecule has 1 aromatic heterocycles. The van der Waals surface area contributed by atoms with Crippen LogP contribution in [-0.4, -0.2) is 15.5 Å². The van der Waals surface area contributed by atoms with Crippen LogP contribution in [0.15, 0.2) is 30.6 Å². The third-order valence-corrected chi connectivity index (χ3v) is 3.26. The van der Waals surface area contributed by atoms with Crippen LogP contribution in [0.5, 0.6) is 0 Å². The second-order valence-corrected chi connectivity index (χ2v) is 5.25. The van der Waals surface area contributed by atoms with Gasteiger partial charge in [0.05, 0.1) is 5.69 Å². The second kappa shape index (κ2) is 5.95. The molecule has 1 amide bonds. The second-order valence-electron chi connectivity index (χ2n) is 5.25. The molecular weight excluding hydrogens is 271 g/mol. The fourth-order valence-electron chi connectivity index (χ4n) is 2.10. The van der Waals surface area contributed by atoms with E-state index in [1.54, 1.807) is 23.9 Å². The van der Waals surface area contributed by atoms with Crippen LogP contribution in [-0.2, 0) is 4.79 Å². The van der Waals surface area contributed by atoms with E-state index in [0.29, 0.717) is 5.69 Å². The molecule has 6 heteroatoms. The number of nitrogen functional groups attached to an aromatic ring is 1. The highest BCUT2D eigenvalue weighted by Crippen LogP contribution is 2.21. The summed E-state index contributed by atoms with van der Waals surface area (Å²) >= 11 is 0. The Morgan fingerprint density at radius 3 is 2.76 bits per heavy atom. The number of anilines is 2. The molecule has 0 bridgehead atoms. The largest absolute Gasteiger partial charge is 0.399 e. The molecule has 2 aromatic rings. The van der Waals surface area contributed by atoms with Crippen molar-refractivity contribution in [2.75, 3.05) is 11.1 Å². The molecule has 112 valence electrons. The van der Waals surface area contributed by atoms with Crippen LogP contribution in [0.3, 0.4) is 0 Å².